The third kappa shape index (κ3) is 2.52. The van der Waals surface area contributed by atoms with E-state index in [-0.39, 0.29) is 0 Å². The molecule has 0 aromatic heterocycles. The van der Waals surface area contributed by atoms with E-state index in [2.05, 4.69) is 24.1 Å². The molecule has 0 aliphatic carbocycles. The zero-order valence-electron chi connectivity index (χ0n) is 10.1. The van der Waals surface area contributed by atoms with Crippen LogP contribution in [0.25, 0.3) is 0 Å². The van der Waals surface area contributed by atoms with Gasteiger partial charge in [-0.25, -0.2) is 0 Å². The average molecular weight is 212 g/mol. The molecule has 0 radical (unpaired) electrons. The van der Waals surface area contributed by atoms with Crippen LogP contribution in [0.4, 0.5) is 0 Å². The second-order valence-corrected chi connectivity index (χ2v) is 5.16. The van der Waals surface area contributed by atoms with Gasteiger partial charge in [-0.15, -0.1) is 0 Å². The van der Waals surface area contributed by atoms with Crippen LogP contribution in [0.15, 0.2) is 0 Å². The Bertz CT molecular complexity index is 202. The molecule has 1 N–H and O–H groups in total. The summed E-state index contributed by atoms with van der Waals surface area (Å²) >= 11 is 0. The second kappa shape index (κ2) is 4.81. The lowest BCUT2D eigenvalue weighted by Crippen LogP contribution is -2.50. The van der Waals surface area contributed by atoms with Crippen LogP contribution in [0.1, 0.15) is 33.1 Å². The van der Waals surface area contributed by atoms with Gasteiger partial charge in [0.05, 0.1) is 6.61 Å². The van der Waals surface area contributed by atoms with Crippen molar-refractivity contribution in [3.63, 3.8) is 0 Å². The Morgan fingerprint density at radius 1 is 1.53 bits per heavy atom. The number of nitrogens with one attached hydrogen (secondary N) is 1. The minimum absolute atomic E-state index is 0.305. The molecule has 3 heteroatoms. The highest BCUT2D eigenvalue weighted by molar-refractivity contribution is 4.92. The maximum absolute atomic E-state index is 5.56. The maximum Gasteiger partial charge on any atom is 0.0648 e. The summed E-state index contributed by atoms with van der Waals surface area (Å²) in [5.41, 5.74) is 0.305. The van der Waals surface area contributed by atoms with Gasteiger partial charge in [-0.1, -0.05) is 6.92 Å². The second-order valence-electron chi connectivity index (χ2n) is 5.16. The molecular formula is C12H24N2O. The maximum atomic E-state index is 5.56. The molecule has 88 valence electrons. The summed E-state index contributed by atoms with van der Waals surface area (Å²) < 4.78 is 5.56. The van der Waals surface area contributed by atoms with Crippen molar-refractivity contribution in [2.45, 2.75) is 44.7 Å². The normalized spacial score (nSPS) is 39.2. The Hall–Kier alpha value is -0.120. The van der Waals surface area contributed by atoms with Crippen LogP contribution in [0.2, 0.25) is 0 Å². The van der Waals surface area contributed by atoms with Crippen LogP contribution in [-0.2, 0) is 4.74 Å². The Labute approximate surface area is 93.2 Å². The van der Waals surface area contributed by atoms with Crippen molar-refractivity contribution < 1.29 is 4.74 Å². The van der Waals surface area contributed by atoms with Crippen molar-refractivity contribution >= 4 is 0 Å². The summed E-state index contributed by atoms with van der Waals surface area (Å²) in [6, 6.07) is 0.671. The third-order valence-electron chi connectivity index (χ3n) is 3.93. The van der Waals surface area contributed by atoms with Crippen LogP contribution in [0.3, 0.4) is 0 Å². The molecule has 0 spiro atoms. The molecule has 0 amide bonds. The predicted molar refractivity (Wildman–Crippen MR) is 62.1 cm³/mol. The van der Waals surface area contributed by atoms with Gasteiger partial charge in [0.1, 0.15) is 0 Å². The molecule has 15 heavy (non-hydrogen) atoms. The first-order valence-electron chi connectivity index (χ1n) is 6.31. The Balaban J connectivity index is 1.99. The molecule has 0 aromatic rings. The van der Waals surface area contributed by atoms with E-state index in [1.807, 2.05) is 0 Å². The monoisotopic (exact) mass is 212 g/mol. The molecule has 0 aromatic carbocycles. The fourth-order valence-corrected chi connectivity index (χ4v) is 2.67. The number of ether oxygens (including phenoxy) is 1. The van der Waals surface area contributed by atoms with Crippen molar-refractivity contribution in [3.05, 3.63) is 0 Å². The Morgan fingerprint density at radius 2 is 2.40 bits per heavy atom. The lowest BCUT2D eigenvalue weighted by atomic mass is 9.98. The van der Waals surface area contributed by atoms with Crippen LogP contribution >= 0.6 is 0 Å². The summed E-state index contributed by atoms with van der Waals surface area (Å²) in [5, 5.41) is 3.62. The van der Waals surface area contributed by atoms with E-state index in [4.69, 9.17) is 4.74 Å². The van der Waals surface area contributed by atoms with Crippen LogP contribution in [-0.4, -0.2) is 49.3 Å². The van der Waals surface area contributed by atoms with Crippen LogP contribution in [0, 0.1) is 0 Å². The summed E-state index contributed by atoms with van der Waals surface area (Å²) in [7, 11) is 0. The van der Waals surface area contributed by atoms with Gasteiger partial charge >= 0.3 is 0 Å². The van der Waals surface area contributed by atoms with E-state index in [1.54, 1.807) is 0 Å². The molecule has 2 atom stereocenters. The Kier molecular flexibility index (Phi) is 3.65. The van der Waals surface area contributed by atoms with Crippen molar-refractivity contribution in [3.8, 4) is 0 Å². The molecular weight excluding hydrogens is 188 g/mol. The topological polar surface area (TPSA) is 24.5 Å². The first-order chi connectivity index (χ1) is 7.24. The fraction of sp³-hybridized carbons (Fsp3) is 1.00. The number of rotatable bonds is 2. The molecule has 3 nitrogen and oxygen atoms in total. The summed E-state index contributed by atoms with van der Waals surface area (Å²) in [5.74, 6) is 0. The predicted octanol–water partition coefficient (Wildman–Crippen LogP) is 1.24. The highest BCUT2D eigenvalue weighted by Crippen LogP contribution is 2.26. The first kappa shape index (κ1) is 11.4. The van der Waals surface area contributed by atoms with Gasteiger partial charge < -0.3 is 10.1 Å². The van der Waals surface area contributed by atoms with E-state index in [0.717, 1.165) is 13.2 Å². The first-order valence-corrected chi connectivity index (χ1v) is 6.31. The molecule has 2 unspecified atom stereocenters. The zero-order valence-corrected chi connectivity index (χ0v) is 10.1. The summed E-state index contributed by atoms with van der Waals surface area (Å²) in [4.78, 5) is 2.65. The third-order valence-corrected chi connectivity index (χ3v) is 3.93. The molecule has 2 saturated heterocycles. The van der Waals surface area contributed by atoms with E-state index in [1.165, 1.54) is 38.9 Å². The van der Waals surface area contributed by atoms with E-state index >= 15 is 0 Å². The number of hydrogen-bond acceptors (Lipinski definition) is 3. The smallest absolute Gasteiger partial charge is 0.0648 e. The van der Waals surface area contributed by atoms with Gasteiger partial charge in [0, 0.05) is 31.3 Å². The van der Waals surface area contributed by atoms with Crippen molar-refractivity contribution in [1.29, 1.82) is 0 Å². The minimum atomic E-state index is 0.305. The quantitative estimate of drug-likeness (QED) is 0.745. The number of nitrogens with zero attached hydrogens (tertiary/aromatic N) is 1. The van der Waals surface area contributed by atoms with Crippen LogP contribution < -0.4 is 5.32 Å². The van der Waals surface area contributed by atoms with Gasteiger partial charge in [-0.3, -0.25) is 4.90 Å². The van der Waals surface area contributed by atoms with Crippen molar-refractivity contribution in [2.24, 2.45) is 0 Å². The largest absolute Gasteiger partial charge is 0.379 e. The Morgan fingerprint density at radius 3 is 3.07 bits per heavy atom. The summed E-state index contributed by atoms with van der Waals surface area (Å²) in [6.45, 7) is 10.1. The molecule has 0 saturated carbocycles. The number of hydrogen-bond donors (Lipinski definition) is 1. The van der Waals surface area contributed by atoms with Gasteiger partial charge in [0.25, 0.3) is 0 Å². The van der Waals surface area contributed by atoms with E-state index in [9.17, 15) is 0 Å². The van der Waals surface area contributed by atoms with Gasteiger partial charge in [0.15, 0.2) is 0 Å². The van der Waals surface area contributed by atoms with Gasteiger partial charge in [-0.2, -0.15) is 0 Å². The van der Waals surface area contributed by atoms with Crippen LogP contribution in [0.5, 0.6) is 0 Å². The zero-order chi connectivity index (χ0) is 10.7. The molecule has 0 bridgehead atoms. The highest BCUT2D eigenvalue weighted by Gasteiger charge is 2.37. The summed E-state index contributed by atoms with van der Waals surface area (Å²) in [6.07, 6.45) is 3.70. The molecule has 2 aliphatic rings. The molecule has 2 rings (SSSR count). The van der Waals surface area contributed by atoms with Crippen molar-refractivity contribution in [1.82, 2.24) is 10.2 Å². The average Bonchev–Trinajstić information content (AvgIpc) is 2.56. The van der Waals surface area contributed by atoms with Crippen molar-refractivity contribution in [2.75, 3.05) is 32.8 Å². The fourth-order valence-electron chi connectivity index (χ4n) is 2.67. The van der Waals surface area contributed by atoms with Gasteiger partial charge in [0.2, 0.25) is 0 Å². The van der Waals surface area contributed by atoms with E-state index < -0.39 is 0 Å². The molecule has 2 heterocycles. The highest BCUT2D eigenvalue weighted by atomic mass is 16.5. The molecule has 2 aliphatic heterocycles. The lowest BCUT2D eigenvalue weighted by Gasteiger charge is -2.37. The standard InChI is InChI=1S/C12H24N2O/c1-3-11-9-14(7-4-6-13-11)12(2)5-8-15-10-12/h11,13H,3-10H2,1-2H3. The van der Waals surface area contributed by atoms with Gasteiger partial charge in [-0.05, 0) is 32.7 Å². The molecule has 2 fully saturated rings. The lowest BCUT2D eigenvalue weighted by molar-refractivity contribution is 0.0776. The van der Waals surface area contributed by atoms with E-state index in [0.29, 0.717) is 11.6 Å². The SMILES string of the molecule is CCC1CN(C2(C)CCOC2)CCCN1. The minimum Gasteiger partial charge on any atom is -0.379 e.